The number of aromatic nitrogens is 2. The largest absolute Gasteiger partial charge is 0.469 e. The SMILES string of the molecule is CN=C(NCCc1ccco1)NCc1cnn(C)c1. The molecule has 0 amide bonds. The molecular weight excluding hydrogens is 242 g/mol. The molecule has 2 N–H and O–H groups in total. The lowest BCUT2D eigenvalue weighted by Gasteiger charge is -2.10. The van der Waals surface area contributed by atoms with Crippen molar-refractivity contribution in [1.82, 2.24) is 20.4 Å². The van der Waals surface area contributed by atoms with Crippen LogP contribution >= 0.6 is 0 Å². The number of hydrogen-bond donors (Lipinski definition) is 2. The zero-order valence-corrected chi connectivity index (χ0v) is 11.3. The van der Waals surface area contributed by atoms with E-state index in [-0.39, 0.29) is 0 Å². The highest BCUT2D eigenvalue weighted by Gasteiger charge is 2.00. The first-order valence-electron chi connectivity index (χ1n) is 6.22. The molecule has 0 saturated heterocycles. The van der Waals surface area contributed by atoms with Crippen LogP contribution in [0.1, 0.15) is 11.3 Å². The molecule has 0 aliphatic rings. The van der Waals surface area contributed by atoms with Crippen molar-refractivity contribution in [1.29, 1.82) is 0 Å². The van der Waals surface area contributed by atoms with E-state index in [1.165, 1.54) is 0 Å². The molecule has 0 aromatic carbocycles. The van der Waals surface area contributed by atoms with Crippen LogP contribution in [0.15, 0.2) is 40.2 Å². The molecular formula is C13H19N5O. The molecule has 19 heavy (non-hydrogen) atoms. The van der Waals surface area contributed by atoms with Crippen LogP contribution in [0.5, 0.6) is 0 Å². The Morgan fingerprint density at radius 3 is 3.00 bits per heavy atom. The Labute approximate surface area is 112 Å². The molecule has 0 bridgehead atoms. The number of aryl methyl sites for hydroxylation is 1. The smallest absolute Gasteiger partial charge is 0.191 e. The van der Waals surface area contributed by atoms with Gasteiger partial charge < -0.3 is 15.1 Å². The second-order valence-corrected chi connectivity index (χ2v) is 4.20. The fraction of sp³-hybridized carbons (Fsp3) is 0.385. The lowest BCUT2D eigenvalue weighted by Crippen LogP contribution is -2.37. The molecule has 2 heterocycles. The van der Waals surface area contributed by atoms with Crippen molar-refractivity contribution in [2.75, 3.05) is 13.6 Å². The van der Waals surface area contributed by atoms with Crippen molar-refractivity contribution in [3.8, 4) is 0 Å². The van der Waals surface area contributed by atoms with Gasteiger partial charge >= 0.3 is 0 Å². The Kier molecular flexibility index (Phi) is 4.60. The highest BCUT2D eigenvalue weighted by molar-refractivity contribution is 5.79. The highest BCUT2D eigenvalue weighted by Crippen LogP contribution is 1.99. The van der Waals surface area contributed by atoms with E-state index >= 15 is 0 Å². The summed E-state index contributed by atoms with van der Waals surface area (Å²) in [6, 6.07) is 3.86. The van der Waals surface area contributed by atoms with Gasteiger partial charge in [-0.1, -0.05) is 0 Å². The molecule has 0 spiro atoms. The maximum absolute atomic E-state index is 5.27. The van der Waals surface area contributed by atoms with Gasteiger partial charge in [-0.25, -0.2) is 0 Å². The van der Waals surface area contributed by atoms with Crippen LogP contribution in [0, 0.1) is 0 Å². The highest BCUT2D eigenvalue weighted by atomic mass is 16.3. The fourth-order valence-electron chi connectivity index (χ4n) is 1.73. The Morgan fingerprint density at radius 1 is 1.47 bits per heavy atom. The molecule has 2 aromatic rings. The van der Waals surface area contributed by atoms with Gasteiger partial charge in [0.05, 0.1) is 12.5 Å². The predicted molar refractivity (Wildman–Crippen MR) is 73.8 cm³/mol. The molecule has 6 heteroatoms. The Bertz CT molecular complexity index is 515. The second-order valence-electron chi connectivity index (χ2n) is 4.20. The van der Waals surface area contributed by atoms with Crippen LogP contribution in [0.2, 0.25) is 0 Å². The standard InChI is InChI=1S/C13H19N5O/c1-14-13(15-6-5-12-4-3-7-19-12)16-8-11-9-17-18(2)10-11/h3-4,7,9-10H,5-6,8H2,1-2H3,(H2,14,15,16). The zero-order valence-electron chi connectivity index (χ0n) is 11.3. The van der Waals surface area contributed by atoms with E-state index < -0.39 is 0 Å². The van der Waals surface area contributed by atoms with Crippen LogP contribution < -0.4 is 10.6 Å². The van der Waals surface area contributed by atoms with E-state index in [2.05, 4.69) is 20.7 Å². The van der Waals surface area contributed by atoms with Crippen molar-refractivity contribution in [3.05, 3.63) is 42.1 Å². The summed E-state index contributed by atoms with van der Waals surface area (Å²) in [5, 5.41) is 10.6. The lowest BCUT2D eigenvalue weighted by molar-refractivity contribution is 0.507. The molecule has 2 aromatic heterocycles. The molecule has 102 valence electrons. The van der Waals surface area contributed by atoms with Crippen LogP contribution in [0.25, 0.3) is 0 Å². The minimum Gasteiger partial charge on any atom is -0.469 e. The normalized spacial score (nSPS) is 11.6. The number of guanidine groups is 1. The van der Waals surface area contributed by atoms with Crippen molar-refractivity contribution >= 4 is 5.96 Å². The molecule has 0 unspecified atom stereocenters. The Balaban J connectivity index is 1.71. The summed E-state index contributed by atoms with van der Waals surface area (Å²) in [4.78, 5) is 4.17. The number of nitrogens with zero attached hydrogens (tertiary/aromatic N) is 3. The molecule has 6 nitrogen and oxygen atoms in total. The first-order chi connectivity index (χ1) is 9.28. The molecule has 0 fully saturated rings. The number of aliphatic imine (C=N–C) groups is 1. The zero-order chi connectivity index (χ0) is 13.5. The van der Waals surface area contributed by atoms with E-state index in [4.69, 9.17) is 4.42 Å². The predicted octanol–water partition coefficient (Wildman–Crippen LogP) is 0.921. The number of hydrogen-bond acceptors (Lipinski definition) is 3. The third-order valence-corrected chi connectivity index (χ3v) is 2.69. The van der Waals surface area contributed by atoms with E-state index in [0.29, 0.717) is 6.54 Å². The summed E-state index contributed by atoms with van der Waals surface area (Å²) in [6.45, 7) is 1.48. The van der Waals surface area contributed by atoms with E-state index in [9.17, 15) is 0 Å². The number of furan rings is 1. The summed E-state index contributed by atoms with van der Waals surface area (Å²) in [6.07, 6.45) is 6.33. The van der Waals surface area contributed by atoms with E-state index in [1.807, 2.05) is 31.6 Å². The number of nitrogens with one attached hydrogen (secondary N) is 2. The monoisotopic (exact) mass is 261 g/mol. The van der Waals surface area contributed by atoms with Gasteiger partial charge in [0, 0.05) is 45.4 Å². The first kappa shape index (κ1) is 13.2. The summed E-state index contributed by atoms with van der Waals surface area (Å²) < 4.78 is 7.05. The van der Waals surface area contributed by atoms with Gasteiger partial charge in [-0.15, -0.1) is 0 Å². The van der Waals surface area contributed by atoms with Crippen molar-refractivity contribution in [2.45, 2.75) is 13.0 Å². The van der Waals surface area contributed by atoms with Gasteiger partial charge in [-0.2, -0.15) is 5.10 Å². The average molecular weight is 261 g/mol. The van der Waals surface area contributed by atoms with Crippen LogP contribution in [-0.4, -0.2) is 29.3 Å². The summed E-state index contributed by atoms with van der Waals surface area (Å²) in [5.74, 6) is 1.74. The molecule has 0 aliphatic carbocycles. The molecule has 0 radical (unpaired) electrons. The fourth-order valence-corrected chi connectivity index (χ4v) is 1.73. The molecule has 2 rings (SSSR count). The summed E-state index contributed by atoms with van der Waals surface area (Å²) >= 11 is 0. The third-order valence-electron chi connectivity index (χ3n) is 2.69. The third kappa shape index (κ3) is 4.17. The topological polar surface area (TPSA) is 67.4 Å². The molecule has 0 atom stereocenters. The molecule has 0 saturated carbocycles. The maximum atomic E-state index is 5.27. The number of rotatable bonds is 5. The summed E-state index contributed by atoms with van der Waals surface area (Å²) in [5.41, 5.74) is 1.12. The molecule has 0 aliphatic heterocycles. The average Bonchev–Trinajstić information content (AvgIpc) is 3.05. The van der Waals surface area contributed by atoms with Gasteiger partial charge in [0.1, 0.15) is 5.76 Å². The van der Waals surface area contributed by atoms with Gasteiger partial charge in [0.15, 0.2) is 5.96 Å². The van der Waals surface area contributed by atoms with Gasteiger partial charge in [0.25, 0.3) is 0 Å². The van der Waals surface area contributed by atoms with Crippen LogP contribution in [-0.2, 0) is 20.0 Å². The second kappa shape index (κ2) is 6.63. The Hall–Kier alpha value is -2.24. The van der Waals surface area contributed by atoms with Crippen molar-refractivity contribution in [3.63, 3.8) is 0 Å². The summed E-state index contributed by atoms with van der Waals surface area (Å²) in [7, 11) is 3.66. The lowest BCUT2D eigenvalue weighted by atomic mass is 10.3. The van der Waals surface area contributed by atoms with Crippen LogP contribution in [0.3, 0.4) is 0 Å². The van der Waals surface area contributed by atoms with Gasteiger partial charge in [-0.05, 0) is 12.1 Å². The van der Waals surface area contributed by atoms with Crippen LogP contribution in [0.4, 0.5) is 0 Å². The van der Waals surface area contributed by atoms with E-state index in [1.54, 1.807) is 18.0 Å². The van der Waals surface area contributed by atoms with Gasteiger partial charge in [-0.3, -0.25) is 9.67 Å². The van der Waals surface area contributed by atoms with Crippen molar-refractivity contribution < 1.29 is 4.42 Å². The minimum atomic E-state index is 0.703. The first-order valence-corrected chi connectivity index (χ1v) is 6.22. The Morgan fingerprint density at radius 2 is 2.37 bits per heavy atom. The van der Waals surface area contributed by atoms with Gasteiger partial charge in [0.2, 0.25) is 0 Å². The quantitative estimate of drug-likeness (QED) is 0.620. The van der Waals surface area contributed by atoms with E-state index in [0.717, 1.165) is 30.2 Å². The minimum absolute atomic E-state index is 0.703. The maximum Gasteiger partial charge on any atom is 0.191 e. The van der Waals surface area contributed by atoms with Crippen molar-refractivity contribution in [2.24, 2.45) is 12.0 Å².